The molecule has 6 heteroatoms. The van der Waals surface area contributed by atoms with Crippen LogP contribution in [0.15, 0.2) is 18.2 Å². The summed E-state index contributed by atoms with van der Waals surface area (Å²) in [5, 5.41) is 5.75. The minimum Gasteiger partial charge on any atom is -0.368 e. The smallest absolute Gasteiger partial charge is 0.168 e. The van der Waals surface area contributed by atoms with Crippen LogP contribution in [-0.2, 0) is 6.54 Å². The highest BCUT2D eigenvalue weighted by molar-refractivity contribution is 7.11. The maximum atomic E-state index is 13.7. The quantitative estimate of drug-likeness (QED) is 0.840. The predicted octanol–water partition coefficient (Wildman–Crippen LogP) is 4.16. The lowest BCUT2D eigenvalue weighted by molar-refractivity contribution is 0.578. The van der Waals surface area contributed by atoms with E-state index in [2.05, 4.69) is 15.6 Å². The van der Waals surface area contributed by atoms with Crippen LogP contribution in [0.2, 0.25) is 0 Å². The lowest BCUT2D eigenvalue weighted by atomic mass is 10.3. The van der Waals surface area contributed by atoms with E-state index >= 15 is 0 Å². The van der Waals surface area contributed by atoms with E-state index in [1.165, 1.54) is 4.88 Å². The summed E-state index contributed by atoms with van der Waals surface area (Å²) in [7, 11) is 0. The third-order valence-corrected chi connectivity index (χ3v) is 3.70. The molecule has 0 saturated heterocycles. The summed E-state index contributed by atoms with van der Waals surface area (Å²) in [6.07, 6.45) is 0.843. The third kappa shape index (κ3) is 3.66. The Bertz CT molecular complexity index is 584. The maximum Gasteiger partial charge on any atom is 0.168 e. The molecule has 0 aliphatic rings. The Morgan fingerprint density at radius 3 is 2.45 bits per heavy atom. The largest absolute Gasteiger partial charge is 0.368 e. The molecule has 0 atom stereocenters. The Kier molecular flexibility index (Phi) is 4.89. The molecule has 0 aliphatic heterocycles. The van der Waals surface area contributed by atoms with Crippen LogP contribution >= 0.6 is 11.3 Å². The average molecular weight is 297 g/mol. The second-order valence-electron chi connectivity index (χ2n) is 4.44. The molecule has 0 unspecified atom stereocenters. The average Bonchev–Trinajstić information content (AvgIpc) is 2.82. The van der Waals surface area contributed by atoms with E-state index in [4.69, 9.17) is 0 Å². The molecule has 0 saturated carbocycles. The van der Waals surface area contributed by atoms with Gasteiger partial charge in [-0.3, -0.25) is 0 Å². The van der Waals surface area contributed by atoms with Crippen molar-refractivity contribution in [2.24, 2.45) is 0 Å². The molecule has 2 rings (SSSR count). The summed E-state index contributed by atoms with van der Waals surface area (Å²) in [5.74, 6) is -1.21. The van der Waals surface area contributed by atoms with Gasteiger partial charge in [0.25, 0.3) is 0 Å². The van der Waals surface area contributed by atoms with Gasteiger partial charge in [-0.2, -0.15) is 0 Å². The number of thiophene rings is 1. The molecule has 0 spiro atoms. The van der Waals surface area contributed by atoms with Crippen molar-refractivity contribution in [3.05, 3.63) is 39.6 Å². The van der Waals surface area contributed by atoms with E-state index in [1.54, 1.807) is 11.3 Å². The van der Waals surface area contributed by atoms with Gasteiger partial charge in [-0.05, 0) is 25.5 Å². The Morgan fingerprint density at radius 2 is 1.85 bits per heavy atom. The van der Waals surface area contributed by atoms with E-state index in [0.717, 1.165) is 17.4 Å². The number of pyridine rings is 1. The summed E-state index contributed by atoms with van der Waals surface area (Å²) in [6.45, 7) is 5.05. The van der Waals surface area contributed by atoms with Crippen molar-refractivity contribution in [2.45, 2.75) is 26.8 Å². The van der Waals surface area contributed by atoms with Crippen molar-refractivity contribution >= 4 is 23.0 Å². The maximum absolute atomic E-state index is 13.7. The van der Waals surface area contributed by atoms with Gasteiger partial charge < -0.3 is 10.6 Å². The van der Waals surface area contributed by atoms with Crippen molar-refractivity contribution in [3.8, 4) is 0 Å². The number of hydrogen-bond acceptors (Lipinski definition) is 4. The zero-order chi connectivity index (χ0) is 14.5. The number of anilines is 2. The summed E-state index contributed by atoms with van der Waals surface area (Å²) < 4.78 is 27.2. The Balaban J connectivity index is 2.09. The fraction of sp³-hybridized carbons (Fsp3) is 0.357. The van der Waals surface area contributed by atoms with E-state index in [1.807, 2.05) is 26.0 Å². The fourth-order valence-electron chi connectivity index (χ4n) is 1.71. The second kappa shape index (κ2) is 6.65. The predicted molar refractivity (Wildman–Crippen MR) is 79.3 cm³/mol. The van der Waals surface area contributed by atoms with Gasteiger partial charge in [-0.1, -0.05) is 6.92 Å². The minimum atomic E-state index is -0.683. The summed E-state index contributed by atoms with van der Waals surface area (Å²) >= 11 is 1.63. The van der Waals surface area contributed by atoms with Crippen molar-refractivity contribution in [1.82, 2.24) is 4.98 Å². The SMILES string of the molecule is CCCNc1nc(NCc2ccc(C)s2)c(F)cc1F. The van der Waals surface area contributed by atoms with Crippen molar-refractivity contribution in [3.63, 3.8) is 0 Å². The monoisotopic (exact) mass is 297 g/mol. The molecule has 3 nitrogen and oxygen atoms in total. The second-order valence-corrected chi connectivity index (χ2v) is 5.81. The molecular formula is C14H17F2N3S. The molecule has 2 aromatic heterocycles. The number of aryl methyl sites for hydroxylation is 1. The first-order valence-corrected chi connectivity index (χ1v) is 7.31. The van der Waals surface area contributed by atoms with E-state index in [9.17, 15) is 8.78 Å². The first kappa shape index (κ1) is 14.7. The summed E-state index contributed by atoms with van der Waals surface area (Å²) in [5.41, 5.74) is 0. The number of hydrogen-bond donors (Lipinski definition) is 2. The van der Waals surface area contributed by atoms with Crippen LogP contribution in [0, 0.1) is 18.6 Å². The molecule has 0 aromatic carbocycles. The zero-order valence-corrected chi connectivity index (χ0v) is 12.3. The van der Waals surface area contributed by atoms with Gasteiger partial charge in [0.15, 0.2) is 23.3 Å². The van der Waals surface area contributed by atoms with Crippen LogP contribution in [0.4, 0.5) is 20.4 Å². The van der Waals surface area contributed by atoms with Gasteiger partial charge in [-0.25, -0.2) is 13.8 Å². The first-order valence-electron chi connectivity index (χ1n) is 6.49. The Morgan fingerprint density at radius 1 is 1.15 bits per heavy atom. The van der Waals surface area contributed by atoms with Crippen LogP contribution < -0.4 is 10.6 Å². The number of aromatic nitrogens is 1. The van der Waals surface area contributed by atoms with Crippen molar-refractivity contribution in [1.29, 1.82) is 0 Å². The van der Waals surface area contributed by atoms with E-state index in [-0.39, 0.29) is 11.6 Å². The van der Waals surface area contributed by atoms with Gasteiger partial charge in [-0.15, -0.1) is 11.3 Å². The zero-order valence-electron chi connectivity index (χ0n) is 11.5. The standard InChI is InChI=1S/C14H17F2N3S/c1-3-6-17-13-11(15)7-12(16)14(19-13)18-8-10-5-4-9(2)20-10/h4-5,7H,3,6,8H2,1-2H3,(H2,17,18,19). The van der Waals surface area contributed by atoms with Crippen LogP contribution in [0.3, 0.4) is 0 Å². The van der Waals surface area contributed by atoms with Crippen molar-refractivity contribution in [2.75, 3.05) is 17.2 Å². The normalized spacial score (nSPS) is 10.6. The fourth-order valence-corrected chi connectivity index (χ4v) is 2.54. The van der Waals surface area contributed by atoms with Crippen LogP contribution in [0.25, 0.3) is 0 Å². The van der Waals surface area contributed by atoms with E-state index < -0.39 is 11.6 Å². The highest BCUT2D eigenvalue weighted by Gasteiger charge is 2.11. The molecule has 0 radical (unpaired) electrons. The molecule has 20 heavy (non-hydrogen) atoms. The molecular weight excluding hydrogens is 280 g/mol. The summed E-state index contributed by atoms with van der Waals surface area (Å²) in [6, 6.07) is 4.84. The molecule has 108 valence electrons. The number of nitrogens with zero attached hydrogens (tertiary/aromatic N) is 1. The first-order chi connectivity index (χ1) is 9.60. The molecule has 2 aromatic rings. The van der Waals surface area contributed by atoms with Gasteiger partial charge in [0.2, 0.25) is 0 Å². The summed E-state index contributed by atoms with van der Waals surface area (Å²) in [4.78, 5) is 6.24. The number of rotatable bonds is 6. The molecule has 0 bridgehead atoms. The topological polar surface area (TPSA) is 37.0 Å². The number of nitrogens with one attached hydrogen (secondary N) is 2. The Labute approximate surface area is 121 Å². The van der Waals surface area contributed by atoms with E-state index in [0.29, 0.717) is 13.1 Å². The number of halogens is 2. The highest BCUT2D eigenvalue weighted by atomic mass is 32.1. The Hall–Kier alpha value is -1.69. The van der Waals surface area contributed by atoms with Gasteiger partial charge >= 0.3 is 0 Å². The molecule has 2 heterocycles. The molecule has 2 N–H and O–H groups in total. The van der Waals surface area contributed by atoms with Gasteiger partial charge in [0.1, 0.15) is 0 Å². The lowest BCUT2D eigenvalue weighted by Gasteiger charge is -2.10. The lowest BCUT2D eigenvalue weighted by Crippen LogP contribution is -2.09. The van der Waals surface area contributed by atoms with Crippen LogP contribution in [0.5, 0.6) is 0 Å². The molecule has 0 aliphatic carbocycles. The van der Waals surface area contributed by atoms with Gasteiger partial charge in [0.05, 0.1) is 6.54 Å². The molecule has 0 fully saturated rings. The van der Waals surface area contributed by atoms with Gasteiger partial charge in [0, 0.05) is 22.4 Å². The van der Waals surface area contributed by atoms with Crippen LogP contribution in [0.1, 0.15) is 23.1 Å². The molecule has 0 amide bonds. The third-order valence-electron chi connectivity index (χ3n) is 2.70. The minimum absolute atomic E-state index is 0.0658. The van der Waals surface area contributed by atoms with Crippen molar-refractivity contribution < 1.29 is 8.78 Å². The highest BCUT2D eigenvalue weighted by Crippen LogP contribution is 2.21. The van der Waals surface area contributed by atoms with Crippen LogP contribution in [-0.4, -0.2) is 11.5 Å².